The van der Waals surface area contributed by atoms with Gasteiger partial charge in [0.2, 0.25) is 5.91 Å². The van der Waals surface area contributed by atoms with E-state index in [9.17, 15) is 9.59 Å². The summed E-state index contributed by atoms with van der Waals surface area (Å²) in [6, 6.07) is 14.2. The van der Waals surface area contributed by atoms with Crippen LogP contribution in [0.3, 0.4) is 0 Å². The average Bonchev–Trinajstić information content (AvgIpc) is 3.41. The first-order chi connectivity index (χ1) is 14.0. The van der Waals surface area contributed by atoms with Gasteiger partial charge in [0, 0.05) is 36.5 Å². The maximum atomic E-state index is 12.9. The molecule has 150 valence electrons. The van der Waals surface area contributed by atoms with Crippen molar-refractivity contribution in [3.8, 4) is 11.1 Å². The summed E-state index contributed by atoms with van der Waals surface area (Å²) in [4.78, 5) is 26.4. The number of fused-ring (bicyclic) bond motifs is 1. The lowest BCUT2D eigenvalue weighted by Gasteiger charge is -2.25. The maximum Gasteiger partial charge on any atom is 0.253 e. The van der Waals surface area contributed by atoms with Gasteiger partial charge in [-0.1, -0.05) is 31.2 Å². The molecule has 0 aliphatic heterocycles. The highest BCUT2D eigenvalue weighted by Gasteiger charge is 2.30. The zero-order valence-electron chi connectivity index (χ0n) is 16.8. The van der Waals surface area contributed by atoms with Crippen LogP contribution >= 0.6 is 0 Å². The minimum absolute atomic E-state index is 0.0213. The topological polar surface area (TPSA) is 78.1 Å². The van der Waals surface area contributed by atoms with E-state index in [1.54, 1.807) is 6.20 Å². The highest BCUT2D eigenvalue weighted by atomic mass is 16.2. The van der Waals surface area contributed by atoms with E-state index in [0.29, 0.717) is 12.0 Å². The van der Waals surface area contributed by atoms with E-state index >= 15 is 0 Å². The molecule has 1 fully saturated rings. The molecule has 1 aliphatic carbocycles. The van der Waals surface area contributed by atoms with Crippen LogP contribution in [0.4, 0.5) is 0 Å². The van der Waals surface area contributed by atoms with Gasteiger partial charge in [0.15, 0.2) is 0 Å². The number of hydrogen-bond donors (Lipinski definition) is 2. The monoisotopic (exact) mass is 390 g/mol. The molecule has 2 N–H and O–H groups in total. The van der Waals surface area contributed by atoms with Gasteiger partial charge in [0.1, 0.15) is 0 Å². The Morgan fingerprint density at radius 3 is 2.66 bits per heavy atom. The molecule has 0 spiro atoms. The van der Waals surface area contributed by atoms with Crippen molar-refractivity contribution in [2.45, 2.75) is 44.7 Å². The highest BCUT2D eigenvalue weighted by Crippen LogP contribution is 2.26. The van der Waals surface area contributed by atoms with Gasteiger partial charge in [-0.05, 0) is 48.6 Å². The predicted molar refractivity (Wildman–Crippen MR) is 113 cm³/mol. The van der Waals surface area contributed by atoms with E-state index in [1.807, 2.05) is 49.2 Å². The van der Waals surface area contributed by atoms with Gasteiger partial charge < -0.3 is 10.2 Å². The molecule has 1 aromatic heterocycles. The molecule has 6 nitrogen and oxygen atoms in total. The lowest BCUT2D eigenvalue weighted by molar-refractivity contribution is -0.121. The molecule has 6 heteroatoms. The Morgan fingerprint density at radius 2 is 1.90 bits per heavy atom. The Balaban J connectivity index is 1.43. The SMILES string of the molecule is CCC(=O)NC1CCC(N(C)C(=O)c2ccc(-c3ccc4cn[nH]c4c3)cc2)C1. The minimum Gasteiger partial charge on any atom is -0.353 e. The van der Waals surface area contributed by atoms with Crippen LogP contribution in [0.2, 0.25) is 0 Å². The number of amides is 2. The van der Waals surface area contributed by atoms with Gasteiger partial charge in [-0.15, -0.1) is 0 Å². The molecule has 2 aromatic carbocycles. The van der Waals surface area contributed by atoms with Gasteiger partial charge in [-0.3, -0.25) is 14.7 Å². The van der Waals surface area contributed by atoms with E-state index < -0.39 is 0 Å². The Bertz CT molecular complexity index is 1020. The largest absolute Gasteiger partial charge is 0.353 e. The maximum absolute atomic E-state index is 12.9. The summed E-state index contributed by atoms with van der Waals surface area (Å²) in [5.41, 5.74) is 3.82. The minimum atomic E-state index is 0.0213. The molecule has 2 amide bonds. The van der Waals surface area contributed by atoms with Crippen LogP contribution in [0, 0.1) is 0 Å². The fourth-order valence-corrected chi connectivity index (χ4v) is 4.06. The van der Waals surface area contributed by atoms with E-state index in [1.165, 1.54) is 0 Å². The first kappa shape index (κ1) is 19.2. The average molecular weight is 390 g/mol. The number of benzene rings is 2. The molecule has 0 bridgehead atoms. The van der Waals surface area contributed by atoms with Gasteiger partial charge in [-0.25, -0.2) is 0 Å². The Hall–Kier alpha value is -3.15. The van der Waals surface area contributed by atoms with Crippen LogP contribution in [0.25, 0.3) is 22.0 Å². The third-order valence-corrected chi connectivity index (χ3v) is 5.87. The smallest absolute Gasteiger partial charge is 0.253 e. The molecule has 29 heavy (non-hydrogen) atoms. The summed E-state index contributed by atoms with van der Waals surface area (Å²) in [5, 5.41) is 11.2. The second-order valence-electron chi connectivity index (χ2n) is 7.75. The predicted octanol–water partition coefficient (Wildman–Crippen LogP) is 3.75. The Morgan fingerprint density at radius 1 is 1.14 bits per heavy atom. The van der Waals surface area contributed by atoms with Crippen LogP contribution in [0.15, 0.2) is 48.7 Å². The fourth-order valence-electron chi connectivity index (χ4n) is 4.06. The number of nitrogens with zero attached hydrogens (tertiary/aromatic N) is 2. The molecular formula is C23H26N4O2. The second kappa shape index (κ2) is 8.07. The van der Waals surface area contributed by atoms with Crippen molar-refractivity contribution in [2.24, 2.45) is 0 Å². The number of hydrogen-bond acceptors (Lipinski definition) is 3. The van der Waals surface area contributed by atoms with Crippen molar-refractivity contribution in [1.29, 1.82) is 0 Å². The van der Waals surface area contributed by atoms with E-state index in [0.717, 1.165) is 41.3 Å². The van der Waals surface area contributed by atoms with Crippen molar-refractivity contribution < 1.29 is 9.59 Å². The van der Waals surface area contributed by atoms with Gasteiger partial charge in [0.25, 0.3) is 5.91 Å². The van der Waals surface area contributed by atoms with E-state index in [-0.39, 0.29) is 23.9 Å². The van der Waals surface area contributed by atoms with Gasteiger partial charge in [-0.2, -0.15) is 5.10 Å². The lowest BCUT2D eigenvalue weighted by Crippen LogP contribution is -2.38. The van der Waals surface area contributed by atoms with Crippen LogP contribution < -0.4 is 5.32 Å². The van der Waals surface area contributed by atoms with Crippen molar-refractivity contribution in [3.05, 3.63) is 54.2 Å². The molecular weight excluding hydrogens is 364 g/mol. The number of carbonyl (C=O) groups excluding carboxylic acids is 2. The zero-order valence-corrected chi connectivity index (χ0v) is 16.8. The molecule has 4 rings (SSSR count). The molecule has 3 aromatic rings. The van der Waals surface area contributed by atoms with Crippen molar-refractivity contribution in [3.63, 3.8) is 0 Å². The number of aromatic nitrogens is 2. The first-order valence-corrected chi connectivity index (χ1v) is 10.1. The summed E-state index contributed by atoms with van der Waals surface area (Å²) in [6.45, 7) is 1.86. The summed E-state index contributed by atoms with van der Waals surface area (Å²) in [5.74, 6) is 0.0987. The summed E-state index contributed by atoms with van der Waals surface area (Å²) in [7, 11) is 1.86. The molecule has 2 atom stereocenters. The van der Waals surface area contributed by atoms with Gasteiger partial charge >= 0.3 is 0 Å². The fraction of sp³-hybridized carbons (Fsp3) is 0.348. The van der Waals surface area contributed by atoms with Crippen molar-refractivity contribution in [1.82, 2.24) is 20.4 Å². The summed E-state index contributed by atoms with van der Waals surface area (Å²) < 4.78 is 0. The molecule has 1 heterocycles. The molecule has 0 saturated heterocycles. The van der Waals surface area contributed by atoms with Crippen molar-refractivity contribution >= 4 is 22.7 Å². The Kier molecular flexibility index (Phi) is 5.34. The van der Waals surface area contributed by atoms with Crippen LogP contribution in [-0.4, -0.2) is 46.0 Å². The Labute approximate surface area is 170 Å². The summed E-state index contributed by atoms with van der Waals surface area (Å²) in [6.07, 6.45) is 4.95. The number of rotatable bonds is 5. The number of H-pyrrole nitrogens is 1. The summed E-state index contributed by atoms with van der Waals surface area (Å²) >= 11 is 0. The zero-order chi connectivity index (χ0) is 20.4. The standard InChI is InChI=1S/C23H26N4O2/c1-3-22(28)25-19-10-11-20(13-19)27(2)23(29)16-6-4-15(5-7-16)17-8-9-18-14-24-26-21(18)12-17/h4-9,12,14,19-20H,3,10-11,13H2,1-2H3,(H,24,26)(H,25,28). The number of nitrogens with one attached hydrogen (secondary N) is 2. The quantitative estimate of drug-likeness (QED) is 0.696. The van der Waals surface area contributed by atoms with Crippen LogP contribution in [-0.2, 0) is 4.79 Å². The first-order valence-electron chi connectivity index (χ1n) is 10.1. The third kappa shape index (κ3) is 4.01. The van der Waals surface area contributed by atoms with Crippen molar-refractivity contribution in [2.75, 3.05) is 7.05 Å². The molecule has 1 aliphatic rings. The van der Waals surface area contributed by atoms with E-state index in [4.69, 9.17) is 0 Å². The normalized spacial score (nSPS) is 18.7. The molecule has 0 radical (unpaired) electrons. The lowest BCUT2D eigenvalue weighted by atomic mass is 10.0. The third-order valence-electron chi connectivity index (χ3n) is 5.87. The van der Waals surface area contributed by atoms with E-state index in [2.05, 4.69) is 27.6 Å². The number of aromatic amines is 1. The number of carbonyl (C=O) groups is 2. The van der Waals surface area contributed by atoms with Crippen LogP contribution in [0.1, 0.15) is 43.0 Å². The van der Waals surface area contributed by atoms with Gasteiger partial charge in [0.05, 0.1) is 11.7 Å². The van der Waals surface area contributed by atoms with Crippen LogP contribution in [0.5, 0.6) is 0 Å². The second-order valence-corrected chi connectivity index (χ2v) is 7.75. The highest BCUT2D eigenvalue weighted by molar-refractivity contribution is 5.95. The molecule has 1 saturated carbocycles. The molecule has 2 unspecified atom stereocenters.